The molecule has 0 saturated carbocycles. The minimum atomic E-state index is 1.07. The normalized spacial score (nSPS) is 10.6. The molecule has 0 heterocycles. The van der Waals surface area contributed by atoms with Gasteiger partial charge in [-0.1, -0.05) is 30.3 Å². The molecule has 1 nitrogen and oxygen atoms in total. The molecule has 0 unspecified atom stereocenters. The van der Waals surface area contributed by atoms with Crippen LogP contribution in [0.15, 0.2) is 36.5 Å². The zero-order chi connectivity index (χ0) is 9.52. The number of hydrogen-bond acceptors (Lipinski definition) is 1. The molecule has 1 rings (SSSR count). The van der Waals surface area contributed by atoms with Crippen LogP contribution in [-0.2, 0) is 0 Å². The van der Waals surface area contributed by atoms with Crippen LogP contribution in [0.3, 0.4) is 0 Å². The molecule has 70 valence electrons. The third-order valence-corrected chi connectivity index (χ3v) is 2.09. The minimum Gasteiger partial charge on any atom is -0.378 e. The van der Waals surface area contributed by atoms with E-state index in [4.69, 9.17) is 0 Å². The average Bonchev–Trinajstić information content (AvgIpc) is 2.21. The summed E-state index contributed by atoms with van der Waals surface area (Å²) >= 11 is 0. The summed E-state index contributed by atoms with van der Waals surface area (Å²) in [4.78, 5) is 2.27. The lowest BCUT2D eigenvalue weighted by molar-refractivity contribution is 0.421. The summed E-state index contributed by atoms with van der Waals surface area (Å²) in [6.07, 6.45) is 4.29. The molecule has 0 N–H and O–H groups in total. The SMILES string of the molecule is CCN(/C=C/c1ccccc1)CC. The van der Waals surface area contributed by atoms with Crippen LogP contribution in [0.2, 0.25) is 0 Å². The van der Waals surface area contributed by atoms with Crippen LogP contribution in [0.4, 0.5) is 0 Å². The van der Waals surface area contributed by atoms with Gasteiger partial charge in [0.15, 0.2) is 0 Å². The van der Waals surface area contributed by atoms with Crippen molar-refractivity contribution in [1.29, 1.82) is 0 Å². The molecule has 0 amide bonds. The van der Waals surface area contributed by atoms with Gasteiger partial charge in [-0.25, -0.2) is 0 Å². The van der Waals surface area contributed by atoms with Crippen LogP contribution < -0.4 is 0 Å². The Labute approximate surface area is 80.7 Å². The molecule has 1 aromatic carbocycles. The number of nitrogens with zero attached hydrogens (tertiary/aromatic N) is 1. The van der Waals surface area contributed by atoms with Crippen LogP contribution >= 0.6 is 0 Å². The van der Waals surface area contributed by atoms with Crippen molar-refractivity contribution in [2.24, 2.45) is 0 Å². The van der Waals surface area contributed by atoms with E-state index in [0.29, 0.717) is 0 Å². The minimum absolute atomic E-state index is 1.07. The lowest BCUT2D eigenvalue weighted by atomic mass is 10.2. The highest BCUT2D eigenvalue weighted by atomic mass is 15.1. The molecular formula is C12H17N. The fourth-order valence-corrected chi connectivity index (χ4v) is 1.19. The van der Waals surface area contributed by atoms with Crippen molar-refractivity contribution in [3.05, 3.63) is 42.1 Å². The summed E-state index contributed by atoms with van der Waals surface area (Å²) in [6.45, 7) is 6.47. The average molecular weight is 175 g/mol. The Morgan fingerprint density at radius 3 is 2.23 bits per heavy atom. The zero-order valence-electron chi connectivity index (χ0n) is 8.40. The van der Waals surface area contributed by atoms with E-state index in [0.717, 1.165) is 13.1 Å². The topological polar surface area (TPSA) is 3.24 Å². The van der Waals surface area contributed by atoms with E-state index >= 15 is 0 Å². The number of benzene rings is 1. The van der Waals surface area contributed by atoms with Crippen LogP contribution in [-0.4, -0.2) is 18.0 Å². The number of rotatable bonds is 4. The van der Waals surface area contributed by atoms with E-state index in [2.05, 4.69) is 55.3 Å². The van der Waals surface area contributed by atoms with E-state index in [1.807, 2.05) is 6.07 Å². The molecular weight excluding hydrogens is 158 g/mol. The van der Waals surface area contributed by atoms with Crippen molar-refractivity contribution in [1.82, 2.24) is 4.90 Å². The first kappa shape index (κ1) is 9.85. The molecule has 0 aliphatic heterocycles. The van der Waals surface area contributed by atoms with E-state index in [1.54, 1.807) is 0 Å². The highest BCUT2D eigenvalue weighted by molar-refractivity contribution is 5.48. The largest absolute Gasteiger partial charge is 0.378 e. The Morgan fingerprint density at radius 2 is 1.69 bits per heavy atom. The third-order valence-electron chi connectivity index (χ3n) is 2.09. The highest BCUT2D eigenvalue weighted by Crippen LogP contribution is 2.02. The predicted octanol–water partition coefficient (Wildman–Crippen LogP) is 3.00. The Kier molecular flexibility index (Phi) is 4.10. The van der Waals surface area contributed by atoms with E-state index in [-0.39, 0.29) is 0 Å². The molecule has 13 heavy (non-hydrogen) atoms. The zero-order valence-corrected chi connectivity index (χ0v) is 8.40. The summed E-state index contributed by atoms with van der Waals surface area (Å²) in [7, 11) is 0. The van der Waals surface area contributed by atoms with Gasteiger partial charge in [-0.2, -0.15) is 0 Å². The van der Waals surface area contributed by atoms with Crippen molar-refractivity contribution >= 4 is 6.08 Å². The molecule has 0 aliphatic rings. The van der Waals surface area contributed by atoms with Crippen molar-refractivity contribution in [3.8, 4) is 0 Å². The fraction of sp³-hybridized carbons (Fsp3) is 0.333. The van der Waals surface area contributed by atoms with Gasteiger partial charge in [0.1, 0.15) is 0 Å². The molecule has 0 radical (unpaired) electrons. The van der Waals surface area contributed by atoms with Crippen LogP contribution in [0.25, 0.3) is 6.08 Å². The second-order valence-electron chi connectivity index (χ2n) is 2.95. The van der Waals surface area contributed by atoms with Crippen LogP contribution in [0.1, 0.15) is 19.4 Å². The second kappa shape index (κ2) is 5.41. The fourth-order valence-electron chi connectivity index (χ4n) is 1.19. The van der Waals surface area contributed by atoms with Gasteiger partial charge >= 0.3 is 0 Å². The Bertz CT molecular complexity index is 247. The van der Waals surface area contributed by atoms with Gasteiger partial charge in [-0.3, -0.25) is 0 Å². The first-order chi connectivity index (χ1) is 6.36. The number of hydrogen-bond donors (Lipinski definition) is 0. The molecule has 1 aromatic rings. The lowest BCUT2D eigenvalue weighted by Crippen LogP contribution is -2.14. The maximum atomic E-state index is 2.27. The summed E-state index contributed by atoms with van der Waals surface area (Å²) < 4.78 is 0. The first-order valence-electron chi connectivity index (χ1n) is 4.84. The molecule has 0 spiro atoms. The van der Waals surface area contributed by atoms with E-state index in [9.17, 15) is 0 Å². The maximum Gasteiger partial charge on any atom is 0.0143 e. The molecule has 0 aliphatic carbocycles. The predicted molar refractivity (Wildman–Crippen MR) is 58.4 cm³/mol. The third kappa shape index (κ3) is 3.32. The van der Waals surface area contributed by atoms with Gasteiger partial charge in [-0.15, -0.1) is 0 Å². The summed E-state index contributed by atoms with van der Waals surface area (Å²) in [5.41, 5.74) is 1.26. The van der Waals surface area contributed by atoms with Crippen molar-refractivity contribution < 1.29 is 0 Å². The monoisotopic (exact) mass is 175 g/mol. The van der Waals surface area contributed by atoms with Gasteiger partial charge in [0.25, 0.3) is 0 Å². The highest BCUT2D eigenvalue weighted by Gasteiger charge is 1.89. The Hall–Kier alpha value is -1.24. The van der Waals surface area contributed by atoms with Gasteiger partial charge in [0, 0.05) is 13.1 Å². The molecule has 0 atom stereocenters. The van der Waals surface area contributed by atoms with Crippen molar-refractivity contribution in [2.45, 2.75) is 13.8 Å². The summed E-state index contributed by atoms with van der Waals surface area (Å²) in [6, 6.07) is 10.4. The Morgan fingerprint density at radius 1 is 1.08 bits per heavy atom. The van der Waals surface area contributed by atoms with Gasteiger partial charge in [-0.05, 0) is 31.7 Å². The smallest absolute Gasteiger partial charge is 0.0143 e. The quantitative estimate of drug-likeness (QED) is 0.680. The molecule has 0 aromatic heterocycles. The lowest BCUT2D eigenvalue weighted by Gasteiger charge is -2.14. The Balaban J connectivity index is 2.57. The summed E-state index contributed by atoms with van der Waals surface area (Å²) in [5.74, 6) is 0. The van der Waals surface area contributed by atoms with Crippen LogP contribution in [0.5, 0.6) is 0 Å². The molecule has 0 saturated heterocycles. The van der Waals surface area contributed by atoms with Gasteiger partial charge < -0.3 is 4.90 Å². The maximum absolute atomic E-state index is 2.27. The van der Waals surface area contributed by atoms with Gasteiger partial charge in [0.2, 0.25) is 0 Å². The van der Waals surface area contributed by atoms with Crippen LogP contribution in [0, 0.1) is 0 Å². The van der Waals surface area contributed by atoms with Gasteiger partial charge in [0.05, 0.1) is 0 Å². The van der Waals surface area contributed by atoms with E-state index < -0.39 is 0 Å². The molecule has 0 fully saturated rings. The van der Waals surface area contributed by atoms with Crippen molar-refractivity contribution in [3.63, 3.8) is 0 Å². The van der Waals surface area contributed by atoms with E-state index in [1.165, 1.54) is 5.56 Å². The first-order valence-corrected chi connectivity index (χ1v) is 4.84. The molecule has 0 bridgehead atoms. The molecule has 1 heteroatoms. The van der Waals surface area contributed by atoms with Crippen molar-refractivity contribution in [2.75, 3.05) is 13.1 Å². The summed E-state index contributed by atoms with van der Waals surface area (Å²) in [5, 5.41) is 0. The second-order valence-corrected chi connectivity index (χ2v) is 2.95. The standard InChI is InChI=1S/C12H17N/c1-3-13(4-2)11-10-12-8-6-5-7-9-12/h5-11H,3-4H2,1-2H3/b11-10+.